The highest BCUT2D eigenvalue weighted by Gasteiger charge is 2.68. The first-order valence-corrected chi connectivity index (χ1v) is 6.66. The first kappa shape index (κ1) is 12.0. The number of nitrogens with one attached hydrogen (secondary N) is 1. The van der Waals surface area contributed by atoms with Crippen molar-refractivity contribution in [2.24, 2.45) is 17.1 Å². The fourth-order valence-corrected chi connectivity index (χ4v) is 3.60. The van der Waals surface area contributed by atoms with Crippen LogP contribution in [0.2, 0.25) is 5.02 Å². The number of halogens is 1. The molecule has 3 saturated carbocycles. The van der Waals surface area contributed by atoms with Gasteiger partial charge in [-0.2, -0.15) is 0 Å². The van der Waals surface area contributed by atoms with E-state index in [9.17, 15) is 4.79 Å². The van der Waals surface area contributed by atoms with Crippen LogP contribution in [0.5, 0.6) is 0 Å². The Kier molecular flexibility index (Phi) is 2.48. The van der Waals surface area contributed by atoms with Crippen molar-refractivity contribution in [2.45, 2.75) is 31.7 Å². The van der Waals surface area contributed by atoms with Crippen molar-refractivity contribution in [2.75, 3.05) is 5.32 Å². The first-order chi connectivity index (χ1) is 8.42. The highest BCUT2D eigenvalue weighted by molar-refractivity contribution is 6.30. The number of benzene rings is 1. The Balaban J connectivity index is 1.63. The number of carbonyl (C=O) groups is 1. The molecule has 0 radical (unpaired) electrons. The SMILES string of the molecule is CC(C(=O)Nc1ccc(Cl)cc1)C12CC(N)(C1)C2. The molecule has 0 saturated heterocycles. The summed E-state index contributed by atoms with van der Waals surface area (Å²) in [4.78, 5) is 12.2. The number of anilines is 1. The second-order valence-corrected chi connectivity index (χ2v) is 6.41. The van der Waals surface area contributed by atoms with Crippen LogP contribution in [0.25, 0.3) is 0 Å². The number of rotatable bonds is 3. The second kappa shape index (κ2) is 3.72. The van der Waals surface area contributed by atoms with Crippen LogP contribution in [0.3, 0.4) is 0 Å². The largest absolute Gasteiger partial charge is 0.326 e. The molecule has 1 amide bonds. The van der Waals surface area contributed by atoms with Crippen molar-refractivity contribution in [3.8, 4) is 0 Å². The maximum Gasteiger partial charge on any atom is 0.227 e. The molecular formula is C14H17ClN2O. The maximum atomic E-state index is 12.2. The number of nitrogens with two attached hydrogens (primary N) is 1. The number of carbonyl (C=O) groups excluding carboxylic acids is 1. The fourth-order valence-electron chi connectivity index (χ4n) is 3.47. The minimum atomic E-state index is 0.0265. The van der Waals surface area contributed by atoms with Gasteiger partial charge in [-0.3, -0.25) is 4.79 Å². The van der Waals surface area contributed by atoms with Gasteiger partial charge in [0.2, 0.25) is 5.91 Å². The van der Waals surface area contributed by atoms with E-state index in [4.69, 9.17) is 17.3 Å². The molecule has 3 aliphatic rings. The monoisotopic (exact) mass is 264 g/mol. The summed E-state index contributed by atoms with van der Waals surface area (Å²) in [5.41, 5.74) is 7.05. The zero-order valence-corrected chi connectivity index (χ0v) is 11.1. The Bertz CT molecular complexity index is 477. The lowest BCUT2D eigenvalue weighted by Crippen LogP contribution is -2.75. The first-order valence-electron chi connectivity index (χ1n) is 6.28. The molecule has 0 spiro atoms. The Labute approximate surface area is 112 Å². The zero-order chi connectivity index (χ0) is 13.0. The third kappa shape index (κ3) is 1.73. The van der Waals surface area contributed by atoms with E-state index in [1.807, 2.05) is 19.1 Å². The highest BCUT2D eigenvalue weighted by Crippen LogP contribution is 2.69. The average Bonchev–Trinajstić information content (AvgIpc) is 2.26. The molecule has 4 rings (SSSR count). The van der Waals surface area contributed by atoms with Gasteiger partial charge in [0.25, 0.3) is 0 Å². The topological polar surface area (TPSA) is 55.1 Å². The van der Waals surface area contributed by atoms with Crippen LogP contribution in [0, 0.1) is 11.3 Å². The summed E-state index contributed by atoms with van der Waals surface area (Å²) < 4.78 is 0. The van der Waals surface area contributed by atoms with Gasteiger partial charge in [0.1, 0.15) is 0 Å². The van der Waals surface area contributed by atoms with Gasteiger partial charge < -0.3 is 11.1 Å². The van der Waals surface area contributed by atoms with Gasteiger partial charge in [0.05, 0.1) is 0 Å². The minimum Gasteiger partial charge on any atom is -0.326 e. The third-order valence-electron chi connectivity index (χ3n) is 4.54. The van der Waals surface area contributed by atoms with Gasteiger partial charge in [0.15, 0.2) is 0 Å². The van der Waals surface area contributed by atoms with Gasteiger partial charge >= 0.3 is 0 Å². The van der Waals surface area contributed by atoms with E-state index in [1.54, 1.807) is 12.1 Å². The molecule has 3 fully saturated rings. The van der Waals surface area contributed by atoms with E-state index in [2.05, 4.69) is 5.32 Å². The summed E-state index contributed by atoms with van der Waals surface area (Å²) in [5, 5.41) is 3.61. The average molecular weight is 265 g/mol. The zero-order valence-electron chi connectivity index (χ0n) is 10.4. The van der Waals surface area contributed by atoms with Crippen molar-refractivity contribution in [3.05, 3.63) is 29.3 Å². The number of hydrogen-bond donors (Lipinski definition) is 2. The van der Waals surface area contributed by atoms with Gasteiger partial charge in [-0.15, -0.1) is 0 Å². The van der Waals surface area contributed by atoms with Crippen LogP contribution in [-0.4, -0.2) is 11.4 Å². The lowest BCUT2D eigenvalue weighted by molar-refractivity contribution is -0.174. The van der Waals surface area contributed by atoms with Crippen molar-refractivity contribution in [3.63, 3.8) is 0 Å². The van der Waals surface area contributed by atoms with Crippen molar-refractivity contribution < 1.29 is 4.79 Å². The van der Waals surface area contributed by atoms with E-state index in [0.717, 1.165) is 24.9 Å². The normalized spacial score (nSPS) is 34.2. The molecular weight excluding hydrogens is 248 g/mol. The Morgan fingerprint density at radius 3 is 2.39 bits per heavy atom. The summed E-state index contributed by atoms with van der Waals surface area (Å²) in [5.74, 6) is 0.109. The summed E-state index contributed by atoms with van der Waals surface area (Å²) in [6.07, 6.45) is 2.99. The van der Waals surface area contributed by atoms with Crippen LogP contribution >= 0.6 is 11.6 Å². The summed E-state index contributed by atoms with van der Waals surface area (Å²) in [6, 6.07) is 7.19. The molecule has 1 atom stereocenters. The standard InChI is InChI=1S/C14H17ClN2O/c1-9(13-6-14(16,7-13)8-13)12(18)17-11-4-2-10(15)3-5-11/h2-5,9H,6-8,16H2,1H3,(H,17,18). The van der Waals surface area contributed by atoms with Crippen molar-refractivity contribution in [1.82, 2.24) is 0 Å². The van der Waals surface area contributed by atoms with E-state index >= 15 is 0 Å². The minimum absolute atomic E-state index is 0.0265. The van der Waals surface area contributed by atoms with E-state index in [-0.39, 0.29) is 22.8 Å². The quantitative estimate of drug-likeness (QED) is 0.882. The van der Waals surface area contributed by atoms with Gasteiger partial charge in [0, 0.05) is 22.2 Å². The second-order valence-electron chi connectivity index (χ2n) is 5.97. The van der Waals surface area contributed by atoms with E-state index < -0.39 is 0 Å². The third-order valence-corrected chi connectivity index (χ3v) is 4.79. The maximum absolute atomic E-state index is 12.2. The van der Waals surface area contributed by atoms with Crippen LogP contribution in [0.15, 0.2) is 24.3 Å². The summed E-state index contributed by atoms with van der Waals surface area (Å²) in [7, 11) is 0. The summed E-state index contributed by atoms with van der Waals surface area (Å²) >= 11 is 5.81. The van der Waals surface area contributed by atoms with E-state index in [0.29, 0.717) is 5.02 Å². The molecule has 0 heterocycles. The molecule has 0 aromatic heterocycles. The molecule has 3 N–H and O–H groups in total. The van der Waals surface area contributed by atoms with Gasteiger partial charge in [-0.05, 0) is 48.9 Å². The molecule has 3 aliphatic carbocycles. The van der Waals surface area contributed by atoms with Gasteiger partial charge in [-0.25, -0.2) is 0 Å². The van der Waals surface area contributed by atoms with Gasteiger partial charge in [-0.1, -0.05) is 18.5 Å². The number of amides is 1. The molecule has 18 heavy (non-hydrogen) atoms. The number of hydrogen-bond acceptors (Lipinski definition) is 2. The van der Waals surface area contributed by atoms with Crippen molar-refractivity contribution >= 4 is 23.2 Å². The highest BCUT2D eigenvalue weighted by atomic mass is 35.5. The molecule has 4 heteroatoms. The van der Waals surface area contributed by atoms with Crippen LogP contribution in [0.1, 0.15) is 26.2 Å². The molecule has 1 aromatic rings. The smallest absolute Gasteiger partial charge is 0.227 e. The molecule has 96 valence electrons. The predicted octanol–water partition coefficient (Wildman–Crippen LogP) is 2.80. The van der Waals surface area contributed by atoms with Crippen LogP contribution < -0.4 is 11.1 Å². The Morgan fingerprint density at radius 2 is 1.89 bits per heavy atom. The molecule has 2 bridgehead atoms. The lowest BCUT2D eigenvalue weighted by atomic mass is 9.36. The fraction of sp³-hybridized carbons (Fsp3) is 0.500. The summed E-state index contributed by atoms with van der Waals surface area (Å²) in [6.45, 7) is 2.00. The van der Waals surface area contributed by atoms with Crippen molar-refractivity contribution in [1.29, 1.82) is 0 Å². The predicted molar refractivity (Wildman–Crippen MR) is 72.4 cm³/mol. The van der Waals surface area contributed by atoms with E-state index in [1.165, 1.54) is 0 Å². The Hall–Kier alpha value is -1.06. The lowest BCUT2D eigenvalue weighted by Gasteiger charge is -2.71. The molecule has 1 unspecified atom stereocenters. The molecule has 3 nitrogen and oxygen atoms in total. The Morgan fingerprint density at radius 1 is 1.33 bits per heavy atom. The molecule has 1 aromatic carbocycles. The van der Waals surface area contributed by atoms with Crippen LogP contribution in [-0.2, 0) is 4.79 Å². The van der Waals surface area contributed by atoms with Crippen LogP contribution in [0.4, 0.5) is 5.69 Å². The molecule has 0 aliphatic heterocycles.